The normalized spacial score (nSPS) is 10.1. The summed E-state index contributed by atoms with van der Waals surface area (Å²) in [5, 5.41) is 17.6. The summed E-state index contributed by atoms with van der Waals surface area (Å²) in [7, 11) is 0. The number of benzene rings is 1. The molecule has 1 rings (SSSR count). The minimum atomic E-state index is -0.612. The van der Waals surface area contributed by atoms with Crippen molar-refractivity contribution in [3.63, 3.8) is 0 Å². The molecule has 0 aromatic heterocycles. The molecule has 0 spiro atoms. The molecule has 0 bridgehead atoms. The highest BCUT2D eigenvalue weighted by Crippen LogP contribution is 2.25. The van der Waals surface area contributed by atoms with Gasteiger partial charge in [-0.2, -0.15) is 0 Å². The van der Waals surface area contributed by atoms with Crippen molar-refractivity contribution in [1.29, 1.82) is 0 Å². The van der Waals surface area contributed by atoms with Gasteiger partial charge in [-0.25, -0.2) is 4.39 Å². The van der Waals surface area contributed by atoms with E-state index in [2.05, 4.69) is 15.9 Å². The Labute approximate surface area is 71.4 Å². The van der Waals surface area contributed by atoms with Gasteiger partial charge in [0.1, 0.15) is 11.6 Å². The van der Waals surface area contributed by atoms with Crippen LogP contribution in [0.1, 0.15) is 5.56 Å². The van der Waals surface area contributed by atoms with Crippen LogP contribution in [0.3, 0.4) is 0 Å². The third-order valence-electron chi connectivity index (χ3n) is 1.29. The maximum atomic E-state index is 12.8. The zero-order valence-corrected chi connectivity index (χ0v) is 7.10. The van der Waals surface area contributed by atoms with Crippen molar-refractivity contribution < 1.29 is 14.6 Å². The van der Waals surface area contributed by atoms with Crippen molar-refractivity contribution in [1.82, 2.24) is 0 Å². The minimum Gasteiger partial charge on any atom is -0.507 e. The van der Waals surface area contributed by atoms with E-state index in [1.54, 1.807) is 0 Å². The Bertz CT molecular complexity index is 252. The van der Waals surface area contributed by atoms with Crippen molar-refractivity contribution in [2.24, 2.45) is 0 Å². The fourth-order valence-electron chi connectivity index (χ4n) is 0.746. The fourth-order valence-corrected chi connectivity index (χ4v) is 1.16. The molecular formula is C7H6BrFO2. The summed E-state index contributed by atoms with van der Waals surface area (Å²) in [5.41, 5.74) is -0.0757. The van der Waals surface area contributed by atoms with Gasteiger partial charge in [-0.15, -0.1) is 0 Å². The Balaban J connectivity index is 3.25. The first kappa shape index (κ1) is 8.49. The number of phenols is 1. The van der Waals surface area contributed by atoms with E-state index in [1.807, 2.05) is 0 Å². The van der Waals surface area contributed by atoms with Gasteiger partial charge in [0.05, 0.1) is 12.2 Å². The average molecular weight is 221 g/mol. The molecule has 0 heterocycles. The SMILES string of the molecule is OCc1c(O)cc(Br)cc1F. The van der Waals surface area contributed by atoms with Crippen molar-refractivity contribution in [2.75, 3.05) is 0 Å². The highest BCUT2D eigenvalue weighted by Gasteiger charge is 2.07. The first-order chi connectivity index (χ1) is 5.15. The van der Waals surface area contributed by atoms with E-state index >= 15 is 0 Å². The molecule has 0 saturated heterocycles. The Morgan fingerprint density at radius 2 is 2.09 bits per heavy atom. The quantitative estimate of drug-likeness (QED) is 0.758. The molecule has 0 fully saturated rings. The lowest BCUT2D eigenvalue weighted by molar-refractivity contribution is 0.268. The van der Waals surface area contributed by atoms with Crippen LogP contribution >= 0.6 is 15.9 Å². The third-order valence-corrected chi connectivity index (χ3v) is 1.75. The van der Waals surface area contributed by atoms with Crippen LogP contribution in [0.2, 0.25) is 0 Å². The lowest BCUT2D eigenvalue weighted by atomic mass is 10.2. The predicted molar refractivity (Wildman–Crippen MR) is 41.7 cm³/mol. The first-order valence-electron chi connectivity index (χ1n) is 2.93. The maximum Gasteiger partial charge on any atom is 0.133 e. The second-order valence-corrected chi connectivity index (χ2v) is 2.96. The van der Waals surface area contributed by atoms with Gasteiger partial charge in [0.15, 0.2) is 0 Å². The number of aliphatic hydroxyl groups is 1. The van der Waals surface area contributed by atoms with E-state index in [0.717, 1.165) is 0 Å². The van der Waals surface area contributed by atoms with E-state index in [9.17, 15) is 4.39 Å². The van der Waals surface area contributed by atoms with Crippen molar-refractivity contribution in [2.45, 2.75) is 6.61 Å². The van der Waals surface area contributed by atoms with Crippen LogP contribution in [-0.4, -0.2) is 10.2 Å². The Hall–Kier alpha value is -0.610. The first-order valence-corrected chi connectivity index (χ1v) is 3.72. The molecule has 1 aromatic rings. The van der Waals surface area contributed by atoms with E-state index in [-0.39, 0.29) is 11.3 Å². The number of aromatic hydroxyl groups is 1. The van der Waals surface area contributed by atoms with Crippen LogP contribution in [0.15, 0.2) is 16.6 Å². The molecule has 0 unspecified atom stereocenters. The molecule has 0 aliphatic carbocycles. The molecule has 2 N–H and O–H groups in total. The molecule has 0 amide bonds. The summed E-state index contributed by atoms with van der Waals surface area (Å²) < 4.78 is 13.2. The van der Waals surface area contributed by atoms with E-state index in [4.69, 9.17) is 10.2 Å². The van der Waals surface area contributed by atoms with Crippen LogP contribution in [0.5, 0.6) is 5.75 Å². The zero-order valence-electron chi connectivity index (χ0n) is 5.51. The third kappa shape index (κ3) is 1.70. The summed E-state index contributed by atoms with van der Waals surface area (Å²) in [6, 6.07) is 2.51. The maximum absolute atomic E-state index is 12.8. The van der Waals surface area contributed by atoms with Gasteiger partial charge in [0.2, 0.25) is 0 Å². The highest BCUT2D eigenvalue weighted by molar-refractivity contribution is 9.10. The molecule has 0 saturated carbocycles. The minimum absolute atomic E-state index is 0.0757. The molecule has 0 aliphatic heterocycles. The fraction of sp³-hybridized carbons (Fsp3) is 0.143. The standard InChI is InChI=1S/C7H6BrFO2/c8-4-1-6(9)5(3-10)7(11)2-4/h1-2,10-11H,3H2. The number of rotatable bonds is 1. The number of aliphatic hydroxyl groups excluding tert-OH is 1. The molecule has 2 nitrogen and oxygen atoms in total. The average Bonchev–Trinajstić information content (AvgIpc) is 1.85. The van der Waals surface area contributed by atoms with Gasteiger partial charge in [-0.3, -0.25) is 0 Å². The molecule has 11 heavy (non-hydrogen) atoms. The van der Waals surface area contributed by atoms with Crippen LogP contribution in [0.4, 0.5) is 4.39 Å². The lowest BCUT2D eigenvalue weighted by Gasteiger charge is -2.02. The van der Waals surface area contributed by atoms with Gasteiger partial charge in [-0.1, -0.05) is 15.9 Å². The molecule has 0 radical (unpaired) electrons. The van der Waals surface area contributed by atoms with Crippen molar-refractivity contribution >= 4 is 15.9 Å². The molecule has 4 heteroatoms. The van der Waals surface area contributed by atoms with Gasteiger partial charge < -0.3 is 10.2 Å². The van der Waals surface area contributed by atoms with E-state index in [0.29, 0.717) is 4.47 Å². The van der Waals surface area contributed by atoms with Crippen molar-refractivity contribution in [3.05, 3.63) is 28.0 Å². The van der Waals surface area contributed by atoms with Crippen LogP contribution < -0.4 is 0 Å². The van der Waals surface area contributed by atoms with Crippen LogP contribution in [0.25, 0.3) is 0 Å². The zero-order chi connectivity index (χ0) is 8.43. The van der Waals surface area contributed by atoms with Gasteiger partial charge >= 0.3 is 0 Å². The number of halogens is 2. The molecule has 60 valence electrons. The summed E-state index contributed by atoms with van der Waals surface area (Å²) in [4.78, 5) is 0. The van der Waals surface area contributed by atoms with Crippen molar-refractivity contribution in [3.8, 4) is 5.75 Å². The second kappa shape index (κ2) is 3.19. The summed E-state index contributed by atoms with van der Waals surface area (Å²) in [6.07, 6.45) is 0. The Kier molecular flexibility index (Phi) is 2.46. The van der Waals surface area contributed by atoms with E-state index < -0.39 is 12.4 Å². The smallest absolute Gasteiger partial charge is 0.133 e. The molecular weight excluding hydrogens is 215 g/mol. The topological polar surface area (TPSA) is 40.5 Å². The summed E-state index contributed by atoms with van der Waals surface area (Å²) in [6.45, 7) is -0.495. The lowest BCUT2D eigenvalue weighted by Crippen LogP contribution is -1.89. The van der Waals surface area contributed by atoms with Crippen LogP contribution in [0, 0.1) is 5.82 Å². The second-order valence-electron chi connectivity index (χ2n) is 2.04. The summed E-state index contributed by atoms with van der Waals surface area (Å²) >= 11 is 2.99. The number of hydrogen-bond donors (Lipinski definition) is 2. The predicted octanol–water partition coefficient (Wildman–Crippen LogP) is 1.79. The molecule has 1 aromatic carbocycles. The largest absolute Gasteiger partial charge is 0.507 e. The molecule has 0 atom stereocenters. The summed E-state index contributed by atoms with van der Waals surface area (Å²) in [5.74, 6) is -0.848. The monoisotopic (exact) mass is 220 g/mol. The van der Waals surface area contributed by atoms with Gasteiger partial charge in [-0.05, 0) is 12.1 Å². The van der Waals surface area contributed by atoms with Crippen LogP contribution in [-0.2, 0) is 6.61 Å². The van der Waals surface area contributed by atoms with Gasteiger partial charge in [0.25, 0.3) is 0 Å². The van der Waals surface area contributed by atoms with Gasteiger partial charge in [0, 0.05) is 4.47 Å². The highest BCUT2D eigenvalue weighted by atomic mass is 79.9. The Morgan fingerprint density at radius 3 is 2.55 bits per heavy atom. The Morgan fingerprint density at radius 1 is 1.45 bits per heavy atom. The number of hydrogen-bond acceptors (Lipinski definition) is 2. The molecule has 0 aliphatic rings. The van der Waals surface area contributed by atoms with E-state index in [1.165, 1.54) is 12.1 Å².